The summed E-state index contributed by atoms with van der Waals surface area (Å²) < 4.78 is 5.63. The number of carbonyl (C=O) groups excluding carboxylic acids is 1. The molecule has 0 saturated heterocycles. The van der Waals surface area contributed by atoms with Crippen molar-refractivity contribution in [2.75, 3.05) is 23.8 Å². The number of anilines is 2. The molecule has 1 aliphatic rings. The summed E-state index contributed by atoms with van der Waals surface area (Å²) >= 11 is 6.32. The summed E-state index contributed by atoms with van der Waals surface area (Å²) in [7, 11) is 0. The van der Waals surface area contributed by atoms with E-state index in [4.69, 9.17) is 16.3 Å². The third-order valence-corrected chi connectivity index (χ3v) is 4.65. The Hall–Kier alpha value is -2.24. The minimum atomic E-state index is -0.271. The van der Waals surface area contributed by atoms with Crippen molar-refractivity contribution in [3.63, 3.8) is 0 Å². The summed E-state index contributed by atoms with van der Waals surface area (Å²) in [6.07, 6.45) is 0. The maximum Gasteiger partial charge on any atom is 0.257 e. The van der Waals surface area contributed by atoms with Gasteiger partial charge in [-0.3, -0.25) is 4.79 Å². The quantitative estimate of drug-likeness (QED) is 0.757. The van der Waals surface area contributed by atoms with Gasteiger partial charge in [-0.25, -0.2) is 0 Å². The van der Waals surface area contributed by atoms with Crippen molar-refractivity contribution in [3.05, 3.63) is 52.5 Å². The number of amides is 1. The second-order valence-corrected chi connectivity index (χ2v) is 7.85. The second-order valence-electron chi connectivity index (χ2n) is 7.44. The Morgan fingerprint density at radius 3 is 2.73 bits per heavy atom. The van der Waals surface area contributed by atoms with Crippen molar-refractivity contribution in [1.29, 1.82) is 0 Å². The number of fused-ring (bicyclic) bond motifs is 1. The number of hydrogen-bond donors (Lipinski definition) is 3. The normalized spacial score (nSPS) is 16.3. The highest BCUT2D eigenvalue weighted by Gasteiger charge is 2.20. The molecule has 0 saturated carbocycles. The Balaban J connectivity index is 1.77. The molecule has 3 N–H and O–H groups in total. The van der Waals surface area contributed by atoms with Gasteiger partial charge < -0.3 is 20.5 Å². The second kappa shape index (κ2) is 7.17. The van der Waals surface area contributed by atoms with E-state index in [1.54, 1.807) is 18.2 Å². The molecule has 1 aliphatic heterocycles. The van der Waals surface area contributed by atoms with Crippen LogP contribution in [0.3, 0.4) is 0 Å². The summed E-state index contributed by atoms with van der Waals surface area (Å²) in [5.74, 6) is 0.370. The van der Waals surface area contributed by atoms with Gasteiger partial charge in [0.15, 0.2) is 0 Å². The Labute approximate surface area is 158 Å². The van der Waals surface area contributed by atoms with Crippen molar-refractivity contribution < 1.29 is 14.6 Å². The Morgan fingerprint density at radius 1 is 1.31 bits per heavy atom. The minimum absolute atomic E-state index is 0.000980. The van der Waals surface area contributed by atoms with Crippen LogP contribution in [0.25, 0.3) is 0 Å². The highest BCUT2D eigenvalue weighted by Crippen LogP contribution is 2.32. The number of aliphatic hydroxyl groups is 1. The number of hydrogen-bond acceptors (Lipinski definition) is 4. The molecule has 0 spiro atoms. The molecule has 0 bridgehead atoms. The lowest BCUT2D eigenvalue weighted by Gasteiger charge is -2.26. The SMILES string of the molecule is CC(C)(C)c1ccc(C(=O)Nc2ccc3c(c2)OC[C@@H](CO)N3)c(Cl)c1. The first kappa shape index (κ1) is 18.5. The molecule has 0 radical (unpaired) electrons. The first-order valence-electron chi connectivity index (χ1n) is 8.53. The third-order valence-electron chi connectivity index (χ3n) is 4.34. The molecule has 6 heteroatoms. The molecule has 1 amide bonds. The number of ether oxygens (including phenoxy) is 1. The van der Waals surface area contributed by atoms with E-state index in [2.05, 4.69) is 31.4 Å². The molecule has 0 fully saturated rings. The van der Waals surface area contributed by atoms with Crippen LogP contribution in [0.5, 0.6) is 5.75 Å². The van der Waals surface area contributed by atoms with E-state index >= 15 is 0 Å². The van der Waals surface area contributed by atoms with E-state index in [9.17, 15) is 9.90 Å². The van der Waals surface area contributed by atoms with E-state index in [0.717, 1.165) is 11.3 Å². The van der Waals surface area contributed by atoms with E-state index in [-0.39, 0.29) is 24.0 Å². The average molecular weight is 375 g/mol. The maximum absolute atomic E-state index is 12.6. The zero-order valence-electron chi connectivity index (χ0n) is 15.1. The first-order valence-corrected chi connectivity index (χ1v) is 8.91. The van der Waals surface area contributed by atoms with E-state index in [1.807, 2.05) is 18.2 Å². The fourth-order valence-electron chi connectivity index (χ4n) is 2.75. The van der Waals surface area contributed by atoms with Gasteiger partial charge in [-0.05, 0) is 35.2 Å². The molecule has 138 valence electrons. The highest BCUT2D eigenvalue weighted by molar-refractivity contribution is 6.34. The molecule has 3 rings (SSSR count). The minimum Gasteiger partial charge on any atom is -0.489 e. The fraction of sp³-hybridized carbons (Fsp3) is 0.350. The van der Waals surface area contributed by atoms with E-state index in [0.29, 0.717) is 28.6 Å². The van der Waals surface area contributed by atoms with Crippen molar-refractivity contribution in [2.24, 2.45) is 0 Å². The van der Waals surface area contributed by atoms with E-state index < -0.39 is 0 Å². The molecule has 0 aliphatic carbocycles. The van der Waals surface area contributed by atoms with Crippen LogP contribution in [0, 0.1) is 0 Å². The zero-order chi connectivity index (χ0) is 18.9. The molecular weight excluding hydrogens is 352 g/mol. The van der Waals surface area contributed by atoms with Gasteiger partial charge in [0.2, 0.25) is 0 Å². The molecule has 2 aromatic rings. The number of halogens is 1. The summed E-state index contributed by atoms with van der Waals surface area (Å²) in [5.41, 5.74) is 2.88. The van der Waals surface area contributed by atoms with Crippen molar-refractivity contribution in [2.45, 2.75) is 32.2 Å². The lowest BCUT2D eigenvalue weighted by molar-refractivity contribution is 0.102. The molecule has 2 aromatic carbocycles. The van der Waals surface area contributed by atoms with Crippen molar-refractivity contribution in [1.82, 2.24) is 0 Å². The molecule has 26 heavy (non-hydrogen) atoms. The van der Waals surface area contributed by atoms with Crippen LogP contribution >= 0.6 is 11.6 Å². The molecular formula is C20H23ClN2O3. The topological polar surface area (TPSA) is 70.6 Å². The number of carbonyl (C=O) groups is 1. The molecule has 1 heterocycles. The van der Waals surface area contributed by atoms with Gasteiger partial charge in [-0.15, -0.1) is 0 Å². The number of aliphatic hydroxyl groups excluding tert-OH is 1. The first-order chi connectivity index (χ1) is 12.3. The van der Waals surface area contributed by atoms with Crippen LogP contribution in [-0.4, -0.2) is 30.3 Å². The van der Waals surface area contributed by atoms with Crippen LogP contribution in [0.4, 0.5) is 11.4 Å². The van der Waals surface area contributed by atoms with Gasteiger partial charge in [0.1, 0.15) is 12.4 Å². The van der Waals surface area contributed by atoms with Gasteiger partial charge in [-0.2, -0.15) is 0 Å². The molecule has 1 atom stereocenters. The van der Waals surface area contributed by atoms with Gasteiger partial charge in [0.25, 0.3) is 5.91 Å². The molecule has 5 nitrogen and oxygen atoms in total. The highest BCUT2D eigenvalue weighted by atomic mass is 35.5. The van der Waals surface area contributed by atoms with Crippen molar-refractivity contribution >= 4 is 28.9 Å². The summed E-state index contributed by atoms with van der Waals surface area (Å²) in [5, 5.41) is 15.7. The summed E-state index contributed by atoms with van der Waals surface area (Å²) in [4.78, 5) is 12.6. The van der Waals surface area contributed by atoms with Gasteiger partial charge in [0.05, 0.1) is 28.9 Å². The molecule has 0 aromatic heterocycles. The van der Waals surface area contributed by atoms with Gasteiger partial charge >= 0.3 is 0 Å². The number of benzene rings is 2. The summed E-state index contributed by atoms with van der Waals surface area (Å²) in [6, 6.07) is 10.7. The van der Waals surface area contributed by atoms with Crippen LogP contribution in [0.15, 0.2) is 36.4 Å². The Kier molecular flexibility index (Phi) is 5.12. The summed E-state index contributed by atoms with van der Waals surface area (Å²) in [6.45, 7) is 6.67. The van der Waals surface area contributed by atoms with Crippen LogP contribution in [-0.2, 0) is 5.41 Å². The van der Waals surface area contributed by atoms with Crippen LogP contribution in [0.2, 0.25) is 5.02 Å². The van der Waals surface area contributed by atoms with Crippen LogP contribution < -0.4 is 15.4 Å². The Bertz CT molecular complexity index is 830. The number of nitrogens with one attached hydrogen (secondary N) is 2. The van der Waals surface area contributed by atoms with E-state index in [1.165, 1.54) is 0 Å². The predicted molar refractivity (Wildman–Crippen MR) is 105 cm³/mol. The zero-order valence-corrected chi connectivity index (χ0v) is 15.9. The Morgan fingerprint density at radius 2 is 2.08 bits per heavy atom. The van der Waals surface area contributed by atoms with Gasteiger partial charge in [-0.1, -0.05) is 38.4 Å². The smallest absolute Gasteiger partial charge is 0.257 e. The average Bonchev–Trinajstić information content (AvgIpc) is 2.60. The van der Waals surface area contributed by atoms with Crippen molar-refractivity contribution in [3.8, 4) is 5.75 Å². The third kappa shape index (κ3) is 3.94. The molecule has 0 unspecified atom stereocenters. The lowest BCUT2D eigenvalue weighted by Crippen LogP contribution is -2.34. The van der Waals surface area contributed by atoms with Gasteiger partial charge in [0, 0.05) is 11.8 Å². The largest absolute Gasteiger partial charge is 0.489 e. The predicted octanol–water partition coefficient (Wildman–Crippen LogP) is 4.06. The monoisotopic (exact) mass is 374 g/mol. The lowest BCUT2D eigenvalue weighted by atomic mass is 9.86. The maximum atomic E-state index is 12.6. The standard InChI is InChI=1S/C20H23ClN2O3/c1-20(2,3)12-4-6-15(16(21)8-12)19(25)23-13-5-7-17-18(9-13)26-11-14(10-24)22-17/h4-9,14,22,24H,10-11H2,1-3H3,(H,23,25)/t14-/m1/s1. The fourth-order valence-corrected chi connectivity index (χ4v) is 3.02. The van der Waals surface area contributed by atoms with Crippen LogP contribution in [0.1, 0.15) is 36.7 Å². The number of rotatable bonds is 3.